The number of ketones is 1. The molecule has 2 heterocycles. The molecule has 27 nitrogen and oxygen atoms in total. The van der Waals surface area contributed by atoms with Gasteiger partial charge in [0.1, 0.15) is 48.9 Å². The molecule has 0 saturated heterocycles. The van der Waals surface area contributed by atoms with Gasteiger partial charge in [-0.05, 0) is 12.8 Å². The Labute approximate surface area is 358 Å². The summed E-state index contributed by atoms with van der Waals surface area (Å²) in [5.41, 5.74) is 21.7. The summed E-state index contributed by atoms with van der Waals surface area (Å²) < 4.78 is 0. The van der Waals surface area contributed by atoms with Gasteiger partial charge in [0, 0.05) is 43.3 Å². The van der Waals surface area contributed by atoms with Crippen LogP contribution >= 0.6 is 23.5 Å². The van der Waals surface area contributed by atoms with Crippen molar-refractivity contribution in [1.82, 2.24) is 41.2 Å². The molecule has 2 rings (SSSR count). The largest absolute Gasteiger partial charge is 0.503 e. The Morgan fingerprint density at radius 1 is 0.726 bits per heavy atom. The lowest BCUT2D eigenvalue weighted by Crippen LogP contribution is -2.49. The van der Waals surface area contributed by atoms with Crippen LogP contribution in [-0.2, 0) is 43.2 Å². The first-order chi connectivity index (χ1) is 29.1. The fourth-order valence-corrected chi connectivity index (χ4v) is 7.39. The first-order valence-electron chi connectivity index (χ1n) is 18.0. The molecule has 0 fully saturated rings. The highest BCUT2D eigenvalue weighted by Crippen LogP contribution is 2.37. The fourth-order valence-electron chi connectivity index (χ4n) is 4.91. The van der Waals surface area contributed by atoms with E-state index in [4.69, 9.17) is 43.4 Å². The van der Waals surface area contributed by atoms with Gasteiger partial charge >= 0.3 is 23.9 Å². The molecule has 0 aromatic carbocycles. The molecule has 6 atom stereocenters. The zero-order chi connectivity index (χ0) is 46.7. The molecule has 0 aliphatic carbocycles. The van der Waals surface area contributed by atoms with Gasteiger partial charge in [0.05, 0.1) is 22.4 Å². The number of carbonyl (C=O) groups excluding carboxylic acids is 5. The molecule has 0 spiro atoms. The van der Waals surface area contributed by atoms with Gasteiger partial charge in [0.25, 0.3) is 5.56 Å². The number of aromatic nitrogens is 4. The van der Waals surface area contributed by atoms with E-state index < -0.39 is 144 Å². The van der Waals surface area contributed by atoms with Gasteiger partial charge in [-0.3, -0.25) is 52.9 Å². The molecule has 0 saturated carbocycles. The van der Waals surface area contributed by atoms with Crippen molar-refractivity contribution in [1.29, 1.82) is 0 Å². The molecule has 0 bridgehead atoms. The van der Waals surface area contributed by atoms with Crippen LogP contribution in [0.1, 0.15) is 60.5 Å². The van der Waals surface area contributed by atoms with E-state index in [1.807, 2.05) is 0 Å². The summed E-state index contributed by atoms with van der Waals surface area (Å²) >= 11 is 1.63. The Hall–Kier alpha value is -6.59. The van der Waals surface area contributed by atoms with E-state index in [9.17, 15) is 53.1 Å². The number of thioether (sulfide) groups is 2. The molecule has 6 unspecified atom stereocenters. The molecule has 0 radical (unpaired) electrons. The number of aromatic hydroxyl groups is 1. The number of aromatic amines is 1. The summed E-state index contributed by atoms with van der Waals surface area (Å²) in [6.45, 7) is -1.69. The van der Waals surface area contributed by atoms with Crippen molar-refractivity contribution in [3.05, 3.63) is 34.1 Å². The van der Waals surface area contributed by atoms with Crippen molar-refractivity contribution in [2.75, 3.05) is 36.1 Å². The van der Waals surface area contributed by atoms with Crippen molar-refractivity contribution < 1.29 is 68.7 Å². The third-order valence-corrected chi connectivity index (χ3v) is 10.7. The molecule has 18 N–H and O–H groups in total. The van der Waals surface area contributed by atoms with E-state index in [1.165, 1.54) is 0 Å². The summed E-state index contributed by atoms with van der Waals surface area (Å²) in [5.74, 6) is -12.0. The molecule has 62 heavy (non-hydrogen) atoms. The minimum absolute atomic E-state index is 0.0668. The molecular formula is C33H46N12O15S2. The Balaban J connectivity index is 2.45. The molecule has 29 heteroatoms. The Morgan fingerprint density at radius 3 is 1.63 bits per heavy atom. The van der Waals surface area contributed by atoms with Crippen LogP contribution in [0.4, 0.5) is 11.8 Å². The number of anilines is 2. The molecule has 0 aliphatic rings. The van der Waals surface area contributed by atoms with Crippen LogP contribution < -0.4 is 49.8 Å². The predicted molar refractivity (Wildman–Crippen MR) is 217 cm³/mol. The molecular weight excluding hydrogens is 869 g/mol. The van der Waals surface area contributed by atoms with Crippen molar-refractivity contribution in [2.24, 2.45) is 11.5 Å². The van der Waals surface area contributed by atoms with Gasteiger partial charge in [-0.25, -0.2) is 15.0 Å². The van der Waals surface area contributed by atoms with Crippen molar-refractivity contribution in [3.8, 4) is 5.75 Å². The number of amides is 4. The van der Waals surface area contributed by atoms with Gasteiger partial charge in [-0.15, -0.1) is 23.5 Å². The van der Waals surface area contributed by atoms with E-state index in [1.54, 1.807) is 0 Å². The number of Topliss-reactive ketones (excluding diaryl/α,β-unsaturated/α-hetero) is 1. The second kappa shape index (κ2) is 25.2. The van der Waals surface area contributed by atoms with E-state index in [-0.39, 0.29) is 41.8 Å². The average Bonchev–Trinajstić information content (AvgIpc) is 3.19. The van der Waals surface area contributed by atoms with Crippen molar-refractivity contribution >= 4 is 88.6 Å². The van der Waals surface area contributed by atoms with Crippen molar-refractivity contribution in [3.63, 3.8) is 0 Å². The third-order valence-electron chi connectivity index (χ3n) is 8.10. The maximum Gasteiger partial charge on any atom is 0.322 e. The maximum atomic E-state index is 14.0. The Bertz CT molecular complexity index is 2040. The number of carboxylic acids is 4. The lowest BCUT2D eigenvalue weighted by molar-refractivity contribution is -0.140. The second-order valence-corrected chi connectivity index (χ2v) is 15.5. The SMILES string of the molecule is Nc1nc(C(CC(=O)CC(SCC(NC(=O)CCC(N)C(=O)O)C(=O)NCC(=O)O)c2ncc(O)c(N)n2)SCC(NC(=O)CCC(N)C(=O)O)C(=O)NCC(=O)O)cc(=O)[nH]1. The van der Waals surface area contributed by atoms with E-state index in [0.717, 1.165) is 35.8 Å². The van der Waals surface area contributed by atoms with Crippen LogP contribution in [0.2, 0.25) is 0 Å². The monoisotopic (exact) mass is 914 g/mol. The van der Waals surface area contributed by atoms with E-state index in [2.05, 4.69) is 41.2 Å². The lowest BCUT2D eigenvalue weighted by Gasteiger charge is -2.23. The van der Waals surface area contributed by atoms with Gasteiger partial charge in [0.15, 0.2) is 11.6 Å². The minimum Gasteiger partial charge on any atom is -0.503 e. The first-order valence-corrected chi connectivity index (χ1v) is 20.1. The molecule has 0 aliphatic heterocycles. The highest BCUT2D eigenvalue weighted by Gasteiger charge is 2.30. The number of rotatable bonds is 28. The second-order valence-electron chi connectivity index (χ2n) is 13.1. The summed E-state index contributed by atoms with van der Waals surface area (Å²) in [5, 5.41) is 53.0. The Morgan fingerprint density at radius 2 is 1.19 bits per heavy atom. The van der Waals surface area contributed by atoms with Gasteiger partial charge in [-0.2, -0.15) is 0 Å². The number of carbonyl (C=O) groups is 9. The average molecular weight is 915 g/mol. The van der Waals surface area contributed by atoms with Crippen LogP contribution in [0, 0.1) is 0 Å². The number of aliphatic carboxylic acids is 4. The van der Waals surface area contributed by atoms with Crippen LogP contribution in [-0.4, -0.2) is 148 Å². The summed E-state index contributed by atoms with van der Waals surface area (Å²) in [6.07, 6.45) is -1.56. The molecule has 4 amide bonds. The summed E-state index contributed by atoms with van der Waals surface area (Å²) in [7, 11) is 0. The number of hydrogen-bond donors (Lipinski definition) is 14. The summed E-state index contributed by atoms with van der Waals surface area (Å²) in [6, 6.07) is -4.77. The zero-order valence-electron chi connectivity index (χ0n) is 32.5. The van der Waals surface area contributed by atoms with Crippen LogP contribution in [0.3, 0.4) is 0 Å². The van der Waals surface area contributed by atoms with Gasteiger partial charge < -0.3 is 69.7 Å². The highest BCUT2D eigenvalue weighted by molar-refractivity contribution is 7.99. The van der Waals surface area contributed by atoms with Gasteiger partial charge in [0.2, 0.25) is 29.6 Å². The molecule has 340 valence electrons. The normalized spacial score (nSPS) is 13.8. The number of nitrogens with one attached hydrogen (secondary N) is 5. The fraction of sp³-hybridized carbons (Fsp3) is 0.485. The standard InChI is InChI=1S/C33H46N12O15S2/c34-14(31(57)58)1-3-22(48)41-17(29(55)39-9-25(51)52)11-61-20(16-7-24(50)44-33(37)43-16)5-13(46)6-21(28-38-8-19(47)27(36)45-28)62-12-18(30(56)40-10-26(53)54)42-23(49)4-2-15(35)32(59)60/h7-8,14-15,17-18,20-21,47H,1-6,9-12,34-35H2,(H,39,55)(H,40,56)(H,41,48)(H,42,49)(H,51,52)(H,53,54)(H,57,58)(H,59,60)(H2,36,38,45)(H3,37,43,44,50). The molecule has 2 aromatic rings. The highest BCUT2D eigenvalue weighted by atomic mass is 32.2. The first kappa shape index (κ1) is 51.6. The number of nitrogens with two attached hydrogens (primary N) is 4. The predicted octanol–water partition coefficient (Wildman–Crippen LogP) is -4.22. The summed E-state index contributed by atoms with van der Waals surface area (Å²) in [4.78, 5) is 137. The minimum atomic E-state index is -1.49. The number of nitrogen functional groups attached to an aromatic ring is 2. The quantitative estimate of drug-likeness (QED) is 0.0385. The lowest BCUT2D eigenvalue weighted by atomic mass is 10.1. The van der Waals surface area contributed by atoms with Crippen molar-refractivity contribution in [2.45, 2.75) is 73.2 Å². The van der Waals surface area contributed by atoms with E-state index in [0.29, 0.717) is 0 Å². The van der Waals surface area contributed by atoms with Crippen LogP contribution in [0.5, 0.6) is 5.75 Å². The number of nitrogens with zero attached hydrogens (tertiary/aromatic N) is 3. The van der Waals surface area contributed by atoms with E-state index >= 15 is 0 Å². The smallest absolute Gasteiger partial charge is 0.322 e. The Kier molecular flexibility index (Phi) is 21.0. The number of hydrogen-bond acceptors (Lipinski definition) is 20. The number of H-pyrrole nitrogens is 1. The topological polar surface area (TPSA) is 479 Å². The van der Waals surface area contributed by atoms with Crippen LogP contribution in [0.15, 0.2) is 17.1 Å². The van der Waals surface area contributed by atoms with Gasteiger partial charge in [-0.1, -0.05) is 0 Å². The zero-order valence-corrected chi connectivity index (χ0v) is 34.1. The maximum absolute atomic E-state index is 14.0. The van der Waals surface area contributed by atoms with Crippen LogP contribution in [0.25, 0.3) is 0 Å². The molecule has 2 aromatic heterocycles. The third kappa shape index (κ3) is 18.8. The number of carboxylic acid groups (broad SMARTS) is 4.